The predicted molar refractivity (Wildman–Crippen MR) is 92.6 cm³/mol. The van der Waals surface area contributed by atoms with E-state index in [2.05, 4.69) is 0 Å². The summed E-state index contributed by atoms with van der Waals surface area (Å²) in [5, 5.41) is 30.5. The summed E-state index contributed by atoms with van der Waals surface area (Å²) in [5.74, 6) is -1.07. The van der Waals surface area contributed by atoms with Crippen LogP contribution >= 0.6 is 0 Å². The second kappa shape index (κ2) is 7.84. The van der Waals surface area contributed by atoms with Gasteiger partial charge in [-0.25, -0.2) is 4.79 Å². The van der Waals surface area contributed by atoms with E-state index in [0.717, 1.165) is 0 Å². The van der Waals surface area contributed by atoms with E-state index in [1.54, 1.807) is 13.0 Å². The molecule has 0 saturated carbocycles. The van der Waals surface area contributed by atoms with Gasteiger partial charge in [-0.1, -0.05) is 0 Å². The monoisotopic (exact) mass is 380 g/mol. The quantitative estimate of drug-likeness (QED) is 0.491. The Morgan fingerprint density at radius 2 is 1.96 bits per heavy atom. The Kier molecular flexibility index (Phi) is 5.69. The van der Waals surface area contributed by atoms with Crippen LogP contribution in [0.4, 0.5) is 0 Å². The first-order valence-corrected chi connectivity index (χ1v) is 8.98. The Labute approximate surface area is 156 Å². The summed E-state index contributed by atoms with van der Waals surface area (Å²) in [6.45, 7) is 1.69. The lowest BCUT2D eigenvalue weighted by atomic mass is 9.95. The summed E-state index contributed by atoms with van der Waals surface area (Å²) < 4.78 is 16.1. The number of aliphatic hydroxyl groups is 2. The molecule has 3 N–H and O–H groups in total. The number of carbonyl (C=O) groups is 2. The largest absolute Gasteiger partial charge is 0.507 e. The molecule has 0 aliphatic carbocycles. The molecule has 0 amide bonds. The highest BCUT2D eigenvalue weighted by atomic mass is 16.6. The van der Waals surface area contributed by atoms with E-state index in [1.807, 2.05) is 0 Å². The maximum Gasteiger partial charge on any atom is 0.342 e. The molecular formula is C19H24O8. The fourth-order valence-corrected chi connectivity index (χ4v) is 3.38. The zero-order chi connectivity index (χ0) is 19.7. The number of hydrogen-bond acceptors (Lipinski definition) is 8. The van der Waals surface area contributed by atoms with Crippen LogP contribution in [0.5, 0.6) is 11.5 Å². The van der Waals surface area contributed by atoms with Crippen LogP contribution < -0.4 is 4.74 Å². The number of aliphatic hydroxyl groups excluding tert-OH is 2. The smallest absolute Gasteiger partial charge is 0.342 e. The third-order valence-electron chi connectivity index (χ3n) is 4.96. The van der Waals surface area contributed by atoms with Crippen molar-refractivity contribution in [2.24, 2.45) is 0 Å². The van der Waals surface area contributed by atoms with Crippen molar-refractivity contribution in [3.63, 3.8) is 0 Å². The van der Waals surface area contributed by atoms with Gasteiger partial charge in [0.2, 0.25) is 0 Å². The minimum absolute atomic E-state index is 0.00155. The van der Waals surface area contributed by atoms with Crippen molar-refractivity contribution < 1.29 is 39.1 Å². The molecular weight excluding hydrogens is 356 g/mol. The zero-order valence-corrected chi connectivity index (χ0v) is 15.3. The third-order valence-corrected chi connectivity index (χ3v) is 4.96. The Morgan fingerprint density at radius 1 is 1.22 bits per heavy atom. The van der Waals surface area contributed by atoms with Crippen LogP contribution in [0.3, 0.4) is 0 Å². The molecule has 1 aromatic rings. The average Bonchev–Trinajstić information content (AvgIpc) is 3.38. The van der Waals surface area contributed by atoms with Gasteiger partial charge in [-0.05, 0) is 25.8 Å². The number of hydrogen-bond donors (Lipinski definition) is 3. The molecule has 8 nitrogen and oxygen atoms in total. The number of rotatable bonds is 1. The molecule has 8 heteroatoms. The maximum atomic E-state index is 12.6. The molecule has 0 aromatic heterocycles. The highest BCUT2D eigenvalue weighted by molar-refractivity contribution is 5.95. The maximum absolute atomic E-state index is 12.6. The Morgan fingerprint density at radius 3 is 2.67 bits per heavy atom. The lowest BCUT2D eigenvalue weighted by molar-refractivity contribution is -0.133. The van der Waals surface area contributed by atoms with Gasteiger partial charge in [0.1, 0.15) is 29.3 Å². The van der Waals surface area contributed by atoms with E-state index in [0.29, 0.717) is 24.2 Å². The van der Waals surface area contributed by atoms with Crippen LogP contribution in [0, 0.1) is 0 Å². The third kappa shape index (κ3) is 4.23. The summed E-state index contributed by atoms with van der Waals surface area (Å²) in [5.41, 5.74) is 0.387. The van der Waals surface area contributed by atoms with Crippen molar-refractivity contribution in [1.82, 2.24) is 0 Å². The lowest BCUT2D eigenvalue weighted by Crippen LogP contribution is -2.35. The van der Waals surface area contributed by atoms with E-state index in [-0.39, 0.29) is 24.2 Å². The summed E-state index contributed by atoms with van der Waals surface area (Å²) in [4.78, 5) is 24.6. The van der Waals surface area contributed by atoms with Gasteiger partial charge in [0, 0.05) is 24.5 Å². The fourth-order valence-electron chi connectivity index (χ4n) is 3.38. The number of carbonyl (C=O) groups excluding carboxylic acids is 2. The minimum Gasteiger partial charge on any atom is -0.507 e. The average molecular weight is 380 g/mol. The van der Waals surface area contributed by atoms with E-state index in [4.69, 9.17) is 14.2 Å². The summed E-state index contributed by atoms with van der Waals surface area (Å²) in [6.07, 6.45) is -3.38. The first-order chi connectivity index (χ1) is 12.8. The highest BCUT2D eigenvalue weighted by Crippen LogP contribution is 2.46. The first-order valence-electron chi connectivity index (χ1n) is 8.98. The minimum atomic E-state index is -1.48. The molecule has 0 bridgehead atoms. The Hall–Kier alpha value is -2.16. The van der Waals surface area contributed by atoms with Gasteiger partial charge in [0.25, 0.3) is 0 Å². The predicted octanol–water partition coefficient (Wildman–Crippen LogP) is 1.25. The second-order valence-electron chi connectivity index (χ2n) is 7.03. The Balaban J connectivity index is 1.95. The van der Waals surface area contributed by atoms with Gasteiger partial charge in [-0.15, -0.1) is 0 Å². The lowest BCUT2D eigenvalue weighted by Gasteiger charge is -2.19. The van der Waals surface area contributed by atoms with Crippen LogP contribution in [-0.4, -0.2) is 58.6 Å². The van der Waals surface area contributed by atoms with Gasteiger partial charge in [0.05, 0.1) is 25.4 Å². The molecule has 2 aliphatic heterocycles. The van der Waals surface area contributed by atoms with Crippen LogP contribution in [0.2, 0.25) is 0 Å². The highest BCUT2D eigenvalue weighted by Gasteiger charge is 2.46. The Bertz CT molecular complexity index is 731. The number of ketones is 1. The van der Waals surface area contributed by atoms with Crippen LogP contribution in [0.25, 0.3) is 0 Å². The van der Waals surface area contributed by atoms with E-state index in [1.165, 1.54) is 13.2 Å². The standard InChI is InChI=1S/C19H24O8/c1-9-4-3-5-12(20)17(23)14(22)8-15-18(27-15)11-6-10(25-2)7-13(21)16(11)19(24)26-9/h6-7,9,14-15,17-18,21-23H,3-5,8H2,1-2H3. The number of fused-ring (bicyclic) bond motifs is 3. The van der Waals surface area contributed by atoms with E-state index in [9.17, 15) is 24.9 Å². The zero-order valence-electron chi connectivity index (χ0n) is 15.3. The van der Waals surface area contributed by atoms with Crippen LogP contribution in [0.15, 0.2) is 12.1 Å². The van der Waals surface area contributed by atoms with Crippen molar-refractivity contribution in [2.45, 2.75) is 63.1 Å². The van der Waals surface area contributed by atoms with Crippen molar-refractivity contribution in [2.75, 3.05) is 7.11 Å². The number of esters is 1. The van der Waals surface area contributed by atoms with Crippen molar-refractivity contribution in [3.8, 4) is 11.5 Å². The van der Waals surface area contributed by atoms with E-state index >= 15 is 0 Å². The molecule has 1 saturated heterocycles. The number of ether oxygens (including phenoxy) is 3. The first kappa shape index (κ1) is 19.6. The molecule has 2 aliphatic rings. The van der Waals surface area contributed by atoms with Gasteiger partial charge >= 0.3 is 5.97 Å². The van der Waals surface area contributed by atoms with Gasteiger partial charge < -0.3 is 29.5 Å². The van der Waals surface area contributed by atoms with Crippen molar-refractivity contribution in [1.29, 1.82) is 0 Å². The van der Waals surface area contributed by atoms with Crippen molar-refractivity contribution >= 4 is 11.8 Å². The normalized spacial score (nSPS) is 31.9. The topological polar surface area (TPSA) is 126 Å². The number of phenolic OH excluding ortho intramolecular Hbond substituents is 1. The van der Waals surface area contributed by atoms with Gasteiger partial charge in [0.15, 0.2) is 5.78 Å². The number of cyclic esters (lactones) is 1. The molecule has 0 radical (unpaired) electrons. The molecule has 5 atom stereocenters. The summed E-state index contributed by atoms with van der Waals surface area (Å²) >= 11 is 0. The number of aromatic hydroxyl groups is 1. The number of Topliss-reactive ketones (excluding diaryl/α,β-unsaturated/α-hetero) is 1. The molecule has 5 unspecified atom stereocenters. The summed E-state index contributed by atoms with van der Waals surface area (Å²) in [7, 11) is 1.43. The SMILES string of the molecule is COc1cc(O)c2c(c1)C1OC1CC(O)C(O)C(=O)CCCC(C)OC2=O. The number of phenols is 1. The summed E-state index contributed by atoms with van der Waals surface area (Å²) in [6, 6.07) is 2.90. The van der Waals surface area contributed by atoms with Gasteiger partial charge in [-0.3, -0.25) is 4.79 Å². The van der Waals surface area contributed by atoms with E-state index < -0.39 is 42.3 Å². The molecule has 148 valence electrons. The second-order valence-corrected chi connectivity index (χ2v) is 7.03. The molecule has 1 aromatic carbocycles. The number of methoxy groups -OCH3 is 1. The van der Waals surface area contributed by atoms with Gasteiger partial charge in [-0.2, -0.15) is 0 Å². The molecule has 2 heterocycles. The molecule has 3 rings (SSSR count). The number of benzene rings is 1. The van der Waals surface area contributed by atoms with Crippen LogP contribution in [0.1, 0.15) is 54.6 Å². The molecule has 1 fully saturated rings. The molecule has 0 spiro atoms. The van der Waals surface area contributed by atoms with Crippen LogP contribution in [-0.2, 0) is 14.3 Å². The fraction of sp³-hybridized carbons (Fsp3) is 0.579. The molecule has 27 heavy (non-hydrogen) atoms. The van der Waals surface area contributed by atoms with Crippen molar-refractivity contribution in [3.05, 3.63) is 23.3 Å². The number of epoxide rings is 1.